The van der Waals surface area contributed by atoms with Crippen molar-refractivity contribution in [1.82, 2.24) is 4.90 Å². The lowest BCUT2D eigenvalue weighted by atomic mass is 9.75. The van der Waals surface area contributed by atoms with Crippen molar-refractivity contribution in [2.75, 3.05) is 13.1 Å². The summed E-state index contributed by atoms with van der Waals surface area (Å²) in [5.74, 6) is -0.934. The molecule has 17 heavy (non-hydrogen) atoms. The second-order valence-electron chi connectivity index (χ2n) is 5.19. The van der Waals surface area contributed by atoms with Gasteiger partial charge in [-0.1, -0.05) is 32.1 Å². The van der Waals surface area contributed by atoms with Gasteiger partial charge in [0.15, 0.2) is 0 Å². The van der Waals surface area contributed by atoms with Crippen molar-refractivity contribution in [2.24, 2.45) is 17.8 Å². The summed E-state index contributed by atoms with van der Waals surface area (Å²) in [4.78, 5) is 23.4. The zero-order valence-corrected chi connectivity index (χ0v) is 9.84. The number of rotatable bonds is 2. The van der Waals surface area contributed by atoms with Gasteiger partial charge in [-0.25, -0.2) is 4.79 Å². The normalized spacial score (nSPS) is 30.5. The van der Waals surface area contributed by atoms with Crippen LogP contribution in [0.3, 0.4) is 0 Å². The Hall–Kier alpha value is -1.26. The number of carboxylic acid groups (broad SMARTS) is 2. The van der Waals surface area contributed by atoms with Gasteiger partial charge >= 0.3 is 12.1 Å². The molecule has 0 bridgehead atoms. The maximum absolute atomic E-state index is 11.2. The average Bonchev–Trinajstić information content (AvgIpc) is 2.75. The molecule has 2 unspecified atom stereocenters. The number of carboxylic acids is 1. The molecular formula is C12H19NO4. The van der Waals surface area contributed by atoms with Crippen molar-refractivity contribution in [3.8, 4) is 0 Å². The lowest BCUT2D eigenvalue weighted by molar-refractivity contribution is -0.143. The van der Waals surface area contributed by atoms with Crippen LogP contribution < -0.4 is 0 Å². The number of hydrogen-bond donors (Lipinski definition) is 2. The molecule has 2 rings (SSSR count). The second-order valence-corrected chi connectivity index (χ2v) is 5.19. The van der Waals surface area contributed by atoms with Crippen LogP contribution in [0.2, 0.25) is 0 Å². The summed E-state index contributed by atoms with van der Waals surface area (Å²) in [6, 6.07) is 0. The maximum Gasteiger partial charge on any atom is 0.407 e. The molecule has 0 aromatic rings. The van der Waals surface area contributed by atoms with E-state index in [1.165, 1.54) is 11.3 Å². The molecule has 1 aliphatic heterocycles. The maximum atomic E-state index is 11.2. The van der Waals surface area contributed by atoms with Gasteiger partial charge in [0, 0.05) is 13.1 Å². The summed E-state index contributed by atoms with van der Waals surface area (Å²) in [5.41, 5.74) is 0. The molecule has 5 nitrogen and oxygen atoms in total. The van der Waals surface area contributed by atoms with Crippen LogP contribution in [0, 0.1) is 17.8 Å². The third kappa shape index (κ3) is 2.53. The fourth-order valence-corrected chi connectivity index (χ4v) is 3.29. The van der Waals surface area contributed by atoms with E-state index in [1.54, 1.807) is 0 Å². The average molecular weight is 241 g/mol. The number of amides is 1. The SMILES string of the molecule is O=C(O)C1CN(C(=O)O)CC1C1CCCCC1. The van der Waals surface area contributed by atoms with Gasteiger partial charge in [-0.2, -0.15) is 0 Å². The van der Waals surface area contributed by atoms with Crippen molar-refractivity contribution < 1.29 is 19.8 Å². The van der Waals surface area contributed by atoms with E-state index in [9.17, 15) is 14.7 Å². The van der Waals surface area contributed by atoms with Crippen molar-refractivity contribution in [3.05, 3.63) is 0 Å². The van der Waals surface area contributed by atoms with Gasteiger partial charge in [0.1, 0.15) is 0 Å². The molecule has 2 fully saturated rings. The van der Waals surface area contributed by atoms with E-state index < -0.39 is 18.0 Å². The first-order valence-electron chi connectivity index (χ1n) is 6.30. The molecule has 1 amide bonds. The van der Waals surface area contributed by atoms with Crippen LogP contribution in [-0.2, 0) is 4.79 Å². The van der Waals surface area contributed by atoms with Crippen LogP contribution >= 0.6 is 0 Å². The third-order valence-corrected chi connectivity index (χ3v) is 4.21. The Bertz CT molecular complexity index is 312. The highest BCUT2D eigenvalue weighted by Gasteiger charge is 2.43. The van der Waals surface area contributed by atoms with E-state index in [0.29, 0.717) is 12.5 Å². The highest BCUT2D eigenvalue weighted by molar-refractivity contribution is 5.74. The van der Waals surface area contributed by atoms with Gasteiger partial charge in [0.25, 0.3) is 0 Å². The van der Waals surface area contributed by atoms with Crippen molar-refractivity contribution in [3.63, 3.8) is 0 Å². The molecule has 0 radical (unpaired) electrons. The van der Waals surface area contributed by atoms with Crippen molar-refractivity contribution >= 4 is 12.1 Å². The lowest BCUT2D eigenvalue weighted by Crippen LogP contribution is -2.29. The second kappa shape index (κ2) is 4.94. The van der Waals surface area contributed by atoms with Crippen molar-refractivity contribution in [2.45, 2.75) is 32.1 Å². The molecule has 1 saturated carbocycles. The molecule has 5 heteroatoms. The first kappa shape index (κ1) is 12.2. The summed E-state index contributed by atoms with van der Waals surface area (Å²) in [6.45, 7) is 0.558. The van der Waals surface area contributed by atoms with E-state index in [1.807, 2.05) is 0 Å². The molecule has 1 saturated heterocycles. The standard InChI is InChI=1S/C12H19NO4/c14-11(15)10-7-13(12(16)17)6-9(10)8-4-2-1-3-5-8/h8-10H,1-7H2,(H,14,15)(H,16,17). The van der Waals surface area contributed by atoms with E-state index in [2.05, 4.69) is 0 Å². The molecule has 0 aromatic heterocycles. The summed E-state index contributed by atoms with van der Waals surface area (Å²) in [5, 5.41) is 18.2. The Kier molecular flexibility index (Phi) is 3.54. The highest BCUT2D eigenvalue weighted by Crippen LogP contribution is 2.38. The van der Waals surface area contributed by atoms with Gasteiger partial charge in [-0.15, -0.1) is 0 Å². The molecule has 2 aliphatic rings. The number of likely N-dealkylation sites (tertiary alicyclic amines) is 1. The Labute approximate surface area is 100 Å². The summed E-state index contributed by atoms with van der Waals surface area (Å²) in [6.07, 6.45) is 4.66. The van der Waals surface area contributed by atoms with Crippen LogP contribution in [0.25, 0.3) is 0 Å². The summed E-state index contributed by atoms with van der Waals surface area (Å²) < 4.78 is 0. The molecule has 0 aromatic carbocycles. The third-order valence-electron chi connectivity index (χ3n) is 4.21. The van der Waals surface area contributed by atoms with Gasteiger partial charge in [-0.3, -0.25) is 4.79 Å². The Morgan fingerprint density at radius 3 is 2.18 bits per heavy atom. The molecule has 1 aliphatic carbocycles. The minimum atomic E-state index is -0.991. The van der Waals surface area contributed by atoms with Gasteiger partial charge in [0.05, 0.1) is 5.92 Å². The van der Waals surface area contributed by atoms with Gasteiger partial charge in [-0.05, 0) is 11.8 Å². The number of aliphatic carboxylic acids is 1. The summed E-state index contributed by atoms with van der Waals surface area (Å²) >= 11 is 0. The first-order chi connectivity index (χ1) is 8.09. The Balaban J connectivity index is 2.07. The molecule has 2 atom stereocenters. The Morgan fingerprint density at radius 1 is 1.00 bits per heavy atom. The quantitative estimate of drug-likeness (QED) is 0.773. The van der Waals surface area contributed by atoms with E-state index >= 15 is 0 Å². The molecule has 0 spiro atoms. The molecule has 2 N–H and O–H groups in total. The number of hydrogen-bond acceptors (Lipinski definition) is 2. The van der Waals surface area contributed by atoms with E-state index in [0.717, 1.165) is 25.7 Å². The van der Waals surface area contributed by atoms with E-state index in [-0.39, 0.29) is 12.5 Å². The van der Waals surface area contributed by atoms with Crippen LogP contribution in [-0.4, -0.2) is 40.3 Å². The number of carbonyl (C=O) groups is 2. The van der Waals surface area contributed by atoms with Crippen molar-refractivity contribution in [1.29, 1.82) is 0 Å². The topological polar surface area (TPSA) is 77.8 Å². The zero-order valence-electron chi connectivity index (χ0n) is 9.84. The largest absolute Gasteiger partial charge is 0.481 e. The number of nitrogens with zero attached hydrogens (tertiary/aromatic N) is 1. The smallest absolute Gasteiger partial charge is 0.407 e. The first-order valence-corrected chi connectivity index (χ1v) is 6.30. The minimum absolute atomic E-state index is 0.0175. The van der Waals surface area contributed by atoms with Gasteiger partial charge in [0.2, 0.25) is 0 Å². The van der Waals surface area contributed by atoms with Crippen LogP contribution in [0.15, 0.2) is 0 Å². The fraction of sp³-hybridized carbons (Fsp3) is 0.833. The van der Waals surface area contributed by atoms with Crippen LogP contribution in [0.4, 0.5) is 4.79 Å². The molecule has 96 valence electrons. The fourth-order valence-electron chi connectivity index (χ4n) is 3.29. The lowest BCUT2D eigenvalue weighted by Gasteiger charge is -2.29. The monoisotopic (exact) mass is 241 g/mol. The predicted octanol–water partition coefficient (Wildman–Crippen LogP) is 1.88. The van der Waals surface area contributed by atoms with Crippen LogP contribution in [0.1, 0.15) is 32.1 Å². The minimum Gasteiger partial charge on any atom is -0.481 e. The zero-order chi connectivity index (χ0) is 12.4. The Morgan fingerprint density at radius 2 is 1.65 bits per heavy atom. The summed E-state index contributed by atoms with van der Waals surface area (Å²) in [7, 11) is 0. The predicted molar refractivity (Wildman–Crippen MR) is 60.8 cm³/mol. The van der Waals surface area contributed by atoms with Gasteiger partial charge < -0.3 is 15.1 Å². The molecular weight excluding hydrogens is 222 g/mol. The molecule has 1 heterocycles. The highest BCUT2D eigenvalue weighted by atomic mass is 16.4. The van der Waals surface area contributed by atoms with E-state index in [4.69, 9.17) is 5.11 Å². The van der Waals surface area contributed by atoms with Crippen LogP contribution in [0.5, 0.6) is 0 Å².